The monoisotopic (exact) mass is 1140 g/mol. The van der Waals surface area contributed by atoms with Crippen molar-refractivity contribution in [1.29, 1.82) is 0 Å². The van der Waals surface area contributed by atoms with Crippen molar-refractivity contribution in [2.45, 2.75) is 103 Å². The third-order valence-electron chi connectivity index (χ3n) is 12.7. The van der Waals surface area contributed by atoms with Crippen molar-refractivity contribution < 1.29 is 35.1 Å². The third-order valence-corrected chi connectivity index (χ3v) is 13.0. The van der Waals surface area contributed by atoms with Crippen LogP contribution in [0.1, 0.15) is 78.6 Å². The smallest absolute Gasteiger partial charge is 0.368 e. The Kier molecular flexibility index (Phi) is 18.8. The Balaban J connectivity index is 0.000000184. The summed E-state index contributed by atoms with van der Waals surface area (Å²) in [5.74, 6) is -1.61. The van der Waals surface area contributed by atoms with E-state index in [2.05, 4.69) is 114 Å². The van der Waals surface area contributed by atoms with Crippen LogP contribution in [0.2, 0.25) is 5.02 Å². The van der Waals surface area contributed by atoms with Crippen molar-refractivity contribution in [3.05, 3.63) is 150 Å². The SMILES string of the molecule is CC(C)(C)NC1CCN(c2c(F)c(Nc3cccc(Nc4nccc(C(F)(F)F)n4)c3)nc3ccccc23)CC1.CC(C)(C)NC1CCNCC1.Fc1c(Nc2cccc(Nc3nccc(C(F)(F)F)n3)c2)nc2ccccc2c1Cl. The van der Waals surface area contributed by atoms with Crippen LogP contribution in [0.4, 0.5) is 87.1 Å². The molecule has 8 aromatic rings. The van der Waals surface area contributed by atoms with Crippen LogP contribution in [0, 0.1) is 11.6 Å². The fourth-order valence-corrected chi connectivity index (χ4v) is 9.52. The first-order chi connectivity index (χ1) is 38.3. The summed E-state index contributed by atoms with van der Waals surface area (Å²) in [6, 6.07) is 30.1. The molecule has 0 radical (unpaired) electrons. The van der Waals surface area contributed by atoms with Gasteiger partial charge in [-0.15, -0.1) is 0 Å². The highest BCUT2D eigenvalue weighted by atomic mass is 35.5. The lowest BCUT2D eigenvalue weighted by molar-refractivity contribution is -0.141. The Bertz CT molecular complexity index is 3410. The predicted octanol–water partition coefficient (Wildman–Crippen LogP) is 14.5. The van der Waals surface area contributed by atoms with Gasteiger partial charge in [0.15, 0.2) is 23.3 Å². The number of nitrogens with one attached hydrogen (secondary N) is 7. The van der Waals surface area contributed by atoms with E-state index in [1.807, 2.05) is 24.3 Å². The van der Waals surface area contributed by atoms with Gasteiger partial charge >= 0.3 is 12.4 Å². The van der Waals surface area contributed by atoms with E-state index in [0.717, 1.165) is 48.8 Å². The van der Waals surface area contributed by atoms with Crippen LogP contribution < -0.4 is 42.1 Å². The number of rotatable bonds is 11. The zero-order valence-corrected chi connectivity index (χ0v) is 46.1. The number of hydrogen-bond acceptors (Lipinski definition) is 14. The van der Waals surface area contributed by atoms with Gasteiger partial charge in [-0.25, -0.2) is 38.7 Å². The molecular formula is C58H63ClF8N14. The number of halogens is 9. The van der Waals surface area contributed by atoms with Gasteiger partial charge in [-0.2, -0.15) is 26.3 Å². The molecule has 0 amide bonds. The Morgan fingerprint density at radius 2 is 0.926 bits per heavy atom. The standard InChI is InChI=1S/C29H31F4N7.C20H12ClF4N5.C9H20N2/c1-28(2,3)39-18-12-15-40(16-13-18)25-21-9-4-5-10-22(21)37-26(24(25)30)35-19-7-6-8-20(17-19)36-27-34-14-11-23(38-27)29(31,32)33;21-16-13-6-1-2-7-14(13)29-18(17(16)22)27-11-4-3-5-12(10-11)28-19-26-9-8-15(30-19)20(23,24)25;1-9(2,3)11-8-4-6-10-7-5-8/h4-11,14,17-18,39H,12-13,15-16H2,1-3H3,(H,35,37)(H,34,36,38);1-10H,(H,27,29)(H,26,28,30);8,10-11H,4-7H2,1-3H3. The van der Waals surface area contributed by atoms with E-state index < -0.39 is 35.4 Å². The quantitative estimate of drug-likeness (QED) is 0.0612. The number of pyridine rings is 2. The summed E-state index contributed by atoms with van der Waals surface area (Å²) in [6.07, 6.45) is -2.79. The third kappa shape index (κ3) is 16.8. The van der Waals surface area contributed by atoms with Gasteiger partial charge in [0, 0.05) is 82.2 Å². The Morgan fingerprint density at radius 3 is 1.40 bits per heavy atom. The number of benzene rings is 4. The molecule has 2 aliphatic rings. The molecule has 7 N–H and O–H groups in total. The molecule has 10 rings (SSSR count). The Labute approximate surface area is 469 Å². The summed E-state index contributed by atoms with van der Waals surface area (Å²) in [6.45, 7) is 16.9. The summed E-state index contributed by atoms with van der Waals surface area (Å²) >= 11 is 6.11. The maximum atomic E-state index is 16.1. The number of fused-ring (bicyclic) bond motifs is 2. The van der Waals surface area contributed by atoms with E-state index in [0.29, 0.717) is 64.0 Å². The molecule has 2 saturated heterocycles. The molecule has 4 aromatic heterocycles. The number of para-hydroxylation sites is 2. The molecule has 23 heteroatoms. The number of nitrogens with zero attached hydrogens (tertiary/aromatic N) is 7. The molecule has 81 heavy (non-hydrogen) atoms. The molecule has 0 bridgehead atoms. The lowest BCUT2D eigenvalue weighted by atomic mass is 9.99. The van der Waals surface area contributed by atoms with Crippen molar-refractivity contribution >= 4 is 85.4 Å². The van der Waals surface area contributed by atoms with Gasteiger partial charge in [0.25, 0.3) is 0 Å². The van der Waals surface area contributed by atoms with Crippen LogP contribution in [0.15, 0.2) is 122 Å². The minimum absolute atomic E-state index is 0.00912. The van der Waals surface area contributed by atoms with Crippen molar-refractivity contribution in [2.75, 3.05) is 52.3 Å². The first-order valence-corrected chi connectivity index (χ1v) is 26.6. The summed E-state index contributed by atoms with van der Waals surface area (Å²) in [4.78, 5) is 25.5. The second kappa shape index (κ2) is 25.5. The van der Waals surface area contributed by atoms with E-state index in [1.54, 1.807) is 72.8 Å². The molecule has 428 valence electrons. The molecule has 6 heterocycles. The lowest BCUT2D eigenvalue weighted by Crippen LogP contribution is -2.49. The van der Waals surface area contributed by atoms with E-state index in [-0.39, 0.29) is 39.6 Å². The Hall–Kier alpha value is -7.53. The molecule has 0 spiro atoms. The van der Waals surface area contributed by atoms with Crippen LogP contribution in [0.3, 0.4) is 0 Å². The predicted molar refractivity (Wildman–Crippen MR) is 305 cm³/mol. The number of piperidine rings is 2. The highest BCUT2D eigenvalue weighted by Crippen LogP contribution is 2.37. The van der Waals surface area contributed by atoms with Crippen LogP contribution in [-0.2, 0) is 12.4 Å². The minimum atomic E-state index is -4.59. The number of hydrogen-bond donors (Lipinski definition) is 7. The maximum absolute atomic E-state index is 16.1. The van der Waals surface area contributed by atoms with Crippen molar-refractivity contribution in [1.82, 2.24) is 45.9 Å². The zero-order valence-electron chi connectivity index (χ0n) is 45.4. The average Bonchev–Trinajstić information content (AvgIpc) is 3.58. The summed E-state index contributed by atoms with van der Waals surface area (Å²) < 4.78 is 108. The number of anilines is 9. The molecule has 0 aliphatic carbocycles. The lowest BCUT2D eigenvalue weighted by Gasteiger charge is -2.38. The molecule has 0 unspecified atom stereocenters. The molecular weight excluding hydrogens is 1080 g/mol. The highest BCUT2D eigenvalue weighted by molar-refractivity contribution is 6.35. The van der Waals surface area contributed by atoms with E-state index in [9.17, 15) is 30.7 Å². The van der Waals surface area contributed by atoms with Gasteiger partial charge in [-0.3, -0.25) is 0 Å². The summed E-state index contributed by atoms with van der Waals surface area (Å²) in [5.41, 5.74) is 1.61. The summed E-state index contributed by atoms with van der Waals surface area (Å²) in [5, 5.41) is 23.2. The van der Waals surface area contributed by atoms with Crippen LogP contribution >= 0.6 is 11.6 Å². The van der Waals surface area contributed by atoms with Gasteiger partial charge < -0.3 is 42.1 Å². The van der Waals surface area contributed by atoms with Crippen LogP contribution in [0.5, 0.6) is 0 Å². The number of alkyl halides is 6. The first kappa shape index (κ1) is 59.6. The summed E-state index contributed by atoms with van der Waals surface area (Å²) in [7, 11) is 0. The van der Waals surface area contributed by atoms with Gasteiger partial charge in [-0.05, 0) is 141 Å². The van der Waals surface area contributed by atoms with Gasteiger partial charge in [0.05, 0.1) is 21.7 Å². The van der Waals surface area contributed by atoms with Crippen LogP contribution in [-0.4, -0.2) is 79.2 Å². The molecule has 0 atom stereocenters. The maximum Gasteiger partial charge on any atom is 0.433 e. The second-order valence-corrected chi connectivity index (χ2v) is 21.9. The van der Waals surface area contributed by atoms with Crippen molar-refractivity contribution in [3.8, 4) is 0 Å². The molecule has 2 fully saturated rings. The number of aromatic nitrogens is 6. The largest absolute Gasteiger partial charge is 0.433 e. The molecule has 0 saturated carbocycles. The van der Waals surface area contributed by atoms with Gasteiger partial charge in [-0.1, -0.05) is 60.1 Å². The van der Waals surface area contributed by atoms with Gasteiger partial charge in [0.2, 0.25) is 11.9 Å². The second-order valence-electron chi connectivity index (χ2n) is 21.5. The fourth-order valence-electron chi connectivity index (χ4n) is 9.27. The first-order valence-electron chi connectivity index (χ1n) is 26.3. The average molecular weight is 1140 g/mol. The zero-order chi connectivity index (χ0) is 58.1. The van der Waals surface area contributed by atoms with E-state index in [4.69, 9.17) is 11.6 Å². The van der Waals surface area contributed by atoms with Crippen molar-refractivity contribution in [2.24, 2.45) is 0 Å². The highest BCUT2D eigenvalue weighted by Gasteiger charge is 2.34. The molecule has 4 aromatic carbocycles. The van der Waals surface area contributed by atoms with E-state index in [1.165, 1.54) is 25.9 Å². The minimum Gasteiger partial charge on any atom is -0.368 e. The van der Waals surface area contributed by atoms with Crippen LogP contribution in [0.25, 0.3) is 21.8 Å². The van der Waals surface area contributed by atoms with Crippen molar-refractivity contribution in [3.63, 3.8) is 0 Å². The Morgan fingerprint density at radius 1 is 0.506 bits per heavy atom. The molecule has 14 nitrogen and oxygen atoms in total. The van der Waals surface area contributed by atoms with E-state index >= 15 is 4.39 Å². The van der Waals surface area contributed by atoms with Gasteiger partial charge in [0.1, 0.15) is 11.4 Å². The topological polar surface area (TPSA) is 165 Å². The fraction of sp³-hybridized carbons (Fsp3) is 0.345. The molecule has 2 aliphatic heterocycles. The normalized spacial score (nSPS) is 14.6.